The van der Waals surface area contributed by atoms with E-state index in [0.29, 0.717) is 22.2 Å². The Morgan fingerprint density at radius 1 is 1.33 bits per heavy atom. The summed E-state index contributed by atoms with van der Waals surface area (Å²) in [6, 6.07) is 6.74. The normalized spacial score (nSPS) is 10.6. The second kappa shape index (κ2) is 8.28. The SMILES string of the molecule is COc1cc(OC)c(NC(=O)CCn2nc(-c3cccs3)oc2=O)cc1Cl. The van der Waals surface area contributed by atoms with Gasteiger partial charge < -0.3 is 19.2 Å². The second-order valence-corrected chi connectivity index (χ2v) is 6.71. The number of nitrogens with zero attached hydrogens (tertiary/aromatic N) is 2. The van der Waals surface area contributed by atoms with Gasteiger partial charge in [0.1, 0.15) is 11.5 Å². The molecule has 3 aromatic rings. The van der Waals surface area contributed by atoms with Gasteiger partial charge in [-0.3, -0.25) is 4.79 Å². The number of rotatable bonds is 7. The van der Waals surface area contributed by atoms with Crippen LogP contribution in [-0.4, -0.2) is 29.9 Å². The lowest BCUT2D eigenvalue weighted by molar-refractivity contribution is -0.116. The number of aryl methyl sites for hydroxylation is 1. The molecule has 3 rings (SSSR count). The van der Waals surface area contributed by atoms with Crippen LogP contribution in [0.15, 0.2) is 38.9 Å². The first-order valence-electron chi connectivity index (χ1n) is 7.85. The van der Waals surface area contributed by atoms with Crippen molar-refractivity contribution in [2.75, 3.05) is 19.5 Å². The number of amides is 1. The van der Waals surface area contributed by atoms with E-state index in [9.17, 15) is 9.59 Å². The molecule has 0 bridgehead atoms. The number of ether oxygens (including phenoxy) is 2. The largest absolute Gasteiger partial charge is 0.495 e. The third-order valence-corrected chi connectivity index (χ3v) is 4.79. The van der Waals surface area contributed by atoms with Gasteiger partial charge in [0.15, 0.2) is 0 Å². The van der Waals surface area contributed by atoms with Gasteiger partial charge in [-0.2, -0.15) is 4.68 Å². The average molecular weight is 410 g/mol. The van der Waals surface area contributed by atoms with Gasteiger partial charge in [0.25, 0.3) is 5.89 Å². The van der Waals surface area contributed by atoms with Gasteiger partial charge in [0, 0.05) is 12.5 Å². The summed E-state index contributed by atoms with van der Waals surface area (Å²) in [4.78, 5) is 24.9. The summed E-state index contributed by atoms with van der Waals surface area (Å²) in [5.41, 5.74) is 0.403. The first-order valence-corrected chi connectivity index (χ1v) is 9.10. The molecular weight excluding hydrogens is 394 g/mol. The minimum absolute atomic E-state index is 0.0170. The predicted molar refractivity (Wildman–Crippen MR) is 102 cm³/mol. The number of methoxy groups -OCH3 is 2. The van der Waals surface area contributed by atoms with E-state index in [2.05, 4.69) is 10.4 Å². The van der Waals surface area contributed by atoms with Crippen LogP contribution in [0.2, 0.25) is 5.02 Å². The Bertz CT molecular complexity index is 997. The molecule has 27 heavy (non-hydrogen) atoms. The molecule has 0 fully saturated rings. The molecule has 1 aromatic carbocycles. The maximum absolute atomic E-state index is 12.3. The van der Waals surface area contributed by atoms with E-state index in [1.54, 1.807) is 12.1 Å². The van der Waals surface area contributed by atoms with E-state index in [1.807, 2.05) is 11.4 Å². The third kappa shape index (κ3) is 4.32. The summed E-state index contributed by atoms with van der Waals surface area (Å²) in [7, 11) is 2.96. The fourth-order valence-electron chi connectivity index (χ4n) is 2.33. The number of hydrogen-bond acceptors (Lipinski definition) is 7. The number of hydrogen-bond donors (Lipinski definition) is 1. The van der Waals surface area contributed by atoms with Gasteiger partial charge in [0.2, 0.25) is 5.91 Å². The zero-order valence-electron chi connectivity index (χ0n) is 14.5. The Hall–Kier alpha value is -2.78. The second-order valence-electron chi connectivity index (χ2n) is 5.36. The lowest BCUT2D eigenvalue weighted by Crippen LogP contribution is -2.21. The maximum Gasteiger partial charge on any atom is 0.437 e. The number of aromatic nitrogens is 2. The molecule has 0 spiro atoms. The molecule has 2 heterocycles. The quantitative estimate of drug-likeness (QED) is 0.643. The topological polar surface area (TPSA) is 95.6 Å². The molecule has 10 heteroatoms. The lowest BCUT2D eigenvalue weighted by Gasteiger charge is -2.13. The Morgan fingerprint density at radius 3 is 2.78 bits per heavy atom. The van der Waals surface area contributed by atoms with Gasteiger partial charge in [-0.25, -0.2) is 4.79 Å². The van der Waals surface area contributed by atoms with Crippen molar-refractivity contribution in [1.82, 2.24) is 9.78 Å². The highest BCUT2D eigenvalue weighted by Crippen LogP contribution is 2.35. The van der Waals surface area contributed by atoms with Crippen molar-refractivity contribution >= 4 is 34.5 Å². The molecule has 142 valence electrons. The smallest absolute Gasteiger partial charge is 0.437 e. The molecule has 1 N–H and O–H groups in total. The molecule has 2 aromatic heterocycles. The van der Waals surface area contributed by atoms with Gasteiger partial charge in [0.05, 0.1) is 36.4 Å². The van der Waals surface area contributed by atoms with Crippen molar-refractivity contribution < 1.29 is 18.7 Å². The molecule has 0 radical (unpaired) electrons. The molecule has 0 saturated carbocycles. The van der Waals surface area contributed by atoms with Gasteiger partial charge in [-0.05, 0) is 17.5 Å². The van der Waals surface area contributed by atoms with Crippen molar-refractivity contribution in [3.8, 4) is 22.3 Å². The highest BCUT2D eigenvalue weighted by atomic mass is 35.5. The maximum atomic E-state index is 12.3. The minimum Gasteiger partial charge on any atom is -0.495 e. The number of carbonyl (C=O) groups is 1. The first-order chi connectivity index (χ1) is 13.0. The molecule has 0 atom stereocenters. The molecule has 0 unspecified atom stereocenters. The molecule has 0 aliphatic carbocycles. The van der Waals surface area contributed by atoms with Crippen LogP contribution < -0.4 is 20.5 Å². The lowest BCUT2D eigenvalue weighted by atomic mass is 10.2. The number of halogens is 1. The number of carbonyl (C=O) groups excluding carboxylic acids is 1. The van der Waals surface area contributed by atoms with Crippen molar-refractivity contribution in [2.45, 2.75) is 13.0 Å². The zero-order valence-corrected chi connectivity index (χ0v) is 16.1. The van der Waals surface area contributed by atoms with Gasteiger partial charge in [-0.15, -0.1) is 16.4 Å². The first kappa shape index (κ1) is 19.0. The summed E-state index contributed by atoms with van der Waals surface area (Å²) < 4.78 is 16.6. The number of benzene rings is 1. The van der Waals surface area contributed by atoms with Crippen LogP contribution >= 0.6 is 22.9 Å². The van der Waals surface area contributed by atoms with Crippen molar-refractivity contribution in [1.29, 1.82) is 0 Å². The van der Waals surface area contributed by atoms with E-state index in [-0.39, 0.29) is 24.8 Å². The summed E-state index contributed by atoms with van der Waals surface area (Å²) in [6.45, 7) is 0.0751. The number of anilines is 1. The highest BCUT2D eigenvalue weighted by molar-refractivity contribution is 7.13. The Labute approximate surface area is 163 Å². The third-order valence-electron chi connectivity index (χ3n) is 3.64. The fraction of sp³-hybridized carbons (Fsp3) is 0.235. The van der Waals surface area contributed by atoms with Crippen LogP contribution in [0, 0.1) is 0 Å². The van der Waals surface area contributed by atoms with E-state index in [1.165, 1.54) is 31.6 Å². The minimum atomic E-state index is -0.615. The predicted octanol–water partition coefficient (Wildman–Crippen LogP) is 3.26. The van der Waals surface area contributed by atoms with Crippen molar-refractivity contribution in [3.05, 3.63) is 45.2 Å². The summed E-state index contributed by atoms with van der Waals surface area (Å²) in [6.07, 6.45) is 0.0170. The number of thiophene rings is 1. The van der Waals surface area contributed by atoms with Crippen LogP contribution in [0.3, 0.4) is 0 Å². The van der Waals surface area contributed by atoms with Gasteiger partial charge in [-0.1, -0.05) is 17.7 Å². The monoisotopic (exact) mass is 409 g/mol. The molecule has 1 amide bonds. The summed E-state index contributed by atoms with van der Waals surface area (Å²) in [5.74, 6) is 0.127. The van der Waals surface area contributed by atoms with E-state index >= 15 is 0 Å². The zero-order chi connectivity index (χ0) is 19.4. The van der Waals surface area contributed by atoms with Crippen LogP contribution in [0.1, 0.15) is 6.42 Å². The van der Waals surface area contributed by atoms with Crippen molar-refractivity contribution in [2.24, 2.45) is 0 Å². The van der Waals surface area contributed by atoms with Crippen LogP contribution in [-0.2, 0) is 11.3 Å². The van der Waals surface area contributed by atoms with Crippen molar-refractivity contribution in [3.63, 3.8) is 0 Å². The Balaban J connectivity index is 1.67. The van der Waals surface area contributed by atoms with Gasteiger partial charge >= 0.3 is 5.76 Å². The fourth-order valence-corrected chi connectivity index (χ4v) is 3.21. The molecule has 0 saturated heterocycles. The van der Waals surface area contributed by atoms with Crippen LogP contribution in [0.25, 0.3) is 10.8 Å². The molecular formula is C17H16ClN3O5S. The summed E-state index contributed by atoms with van der Waals surface area (Å²) >= 11 is 7.50. The van der Waals surface area contributed by atoms with Crippen LogP contribution in [0.4, 0.5) is 5.69 Å². The van der Waals surface area contributed by atoms with E-state index in [4.69, 9.17) is 25.5 Å². The molecule has 8 nitrogen and oxygen atoms in total. The Kier molecular flexibility index (Phi) is 5.82. The Morgan fingerprint density at radius 2 is 2.11 bits per heavy atom. The number of nitrogens with one attached hydrogen (secondary N) is 1. The standard InChI is InChI=1S/C17H16ClN3O5S/c1-24-12-9-13(25-2)11(8-10(12)18)19-15(22)5-6-21-17(23)26-16(20-21)14-4-3-7-27-14/h3-4,7-9H,5-6H2,1-2H3,(H,19,22). The van der Waals surface area contributed by atoms with Crippen LogP contribution in [0.5, 0.6) is 11.5 Å². The molecule has 0 aliphatic heterocycles. The van der Waals surface area contributed by atoms with E-state index in [0.717, 1.165) is 9.56 Å². The molecule has 0 aliphatic rings. The average Bonchev–Trinajstić information content (AvgIpc) is 3.30. The summed E-state index contributed by atoms with van der Waals surface area (Å²) in [5, 5.41) is 9.00. The van der Waals surface area contributed by atoms with E-state index < -0.39 is 5.76 Å². The highest BCUT2D eigenvalue weighted by Gasteiger charge is 2.15.